The minimum absolute atomic E-state index is 0.0708. The van der Waals surface area contributed by atoms with Gasteiger partial charge in [0.25, 0.3) is 0 Å². The molecule has 7 nitrogen and oxygen atoms in total. The van der Waals surface area contributed by atoms with Gasteiger partial charge in [-0.05, 0) is 0 Å². The van der Waals surface area contributed by atoms with Crippen molar-refractivity contribution >= 4 is 23.3 Å². The molecule has 8 heteroatoms. The highest BCUT2D eigenvalue weighted by molar-refractivity contribution is 7.07. The number of carbonyl (C=O) groups is 2. The van der Waals surface area contributed by atoms with E-state index in [9.17, 15) is 14.4 Å². The van der Waals surface area contributed by atoms with Crippen LogP contribution in [0.25, 0.3) is 0 Å². The monoisotopic (exact) mass is 245 g/mol. The van der Waals surface area contributed by atoms with E-state index in [1.807, 2.05) is 0 Å². The second kappa shape index (κ2) is 5.91. The first kappa shape index (κ1) is 12.2. The molecule has 0 radical (unpaired) electrons. The van der Waals surface area contributed by atoms with Crippen molar-refractivity contribution in [3.63, 3.8) is 0 Å². The van der Waals surface area contributed by atoms with Gasteiger partial charge in [0, 0.05) is 17.6 Å². The Bertz CT molecular complexity index is 425. The Balaban J connectivity index is 2.20. The first-order valence-corrected chi connectivity index (χ1v) is 5.36. The zero-order valence-corrected chi connectivity index (χ0v) is 9.10. The lowest BCUT2D eigenvalue weighted by Crippen LogP contribution is -2.36. The largest absolute Gasteiger partial charge is 0.481 e. The zero-order valence-electron chi connectivity index (χ0n) is 8.28. The Kier molecular flexibility index (Phi) is 4.52. The normalized spacial score (nSPS) is 9.75. The third-order valence-electron chi connectivity index (χ3n) is 1.63. The zero-order chi connectivity index (χ0) is 12.0. The highest BCUT2D eigenvalue weighted by Gasteiger charge is 2.02. The number of carboxylic acids is 1. The summed E-state index contributed by atoms with van der Waals surface area (Å²) in [6, 6.07) is -0.465. The fourth-order valence-electron chi connectivity index (χ4n) is 0.921. The first-order valence-electron chi connectivity index (χ1n) is 4.48. The quantitative estimate of drug-likeness (QED) is 0.571. The maximum absolute atomic E-state index is 11.1. The third-order valence-corrected chi connectivity index (χ3v) is 2.35. The number of rotatable bonds is 5. The third kappa shape index (κ3) is 4.60. The number of aromatic amines is 1. The number of carboxylic acid groups (broad SMARTS) is 1. The Morgan fingerprint density at radius 2 is 2.19 bits per heavy atom. The standard InChI is InChI=1S/C8H11N3O4S/c12-6(13)1-2-9-7(14)10-3-5-4-16-8(15)11-5/h4H,1-3H2,(H,11,15)(H,12,13)(H2,9,10,14). The first-order chi connectivity index (χ1) is 7.58. The van der Waals surface area contributed by atoms with Gasteiger partial charge < -0.3 is 20.7 Å². The number of amides is 2. The molecule has 1 rings (SSSR count). The number of aliphatic carboxylic acids is 1. The summed E-state index contributed by atoms with van der Waals surface area (Å²) in [5, 5.41) is 14.8. The summed E-state index contributed by atoms with van der Waals surface area (Å²) in [6.07, 6.45) is -0.122. The van der Waals surface area contributed by atoms with Crippen LogP contribution in [0.5, 0.6) is 0 Å². The molecule has 0 saturated heterocycles. The van der Waals surface area contributed by atoms with E-state index in [4.69, 9.17) is 5.11 Å². The van der Waals surface area contributed by atoms with E-state index in [0.29, 0.717) is 5.69 Å². The van der Waals surface area contributed by atoms with E-state index in [-0.39, 0.29) is 24.4 Å². The summed E-state index contributed by atoms with van der Waals surface area (Å²) in [5.74, 6) is -0.970. The Labute approximate surface area is 94.5 Å². The van der Waals surface area contributed by atoms with Gasteiger partial charge in [0.05, 0.1) is 13.0 Å². The second-order valence-corrected chi connectivity index (χ2v) is 3.77. The van der Waals surface area contributed by atoms with E-state index in [1.54, 1.807) is 5.38 Å². The van der Waals surface area contributed by atoms with Crippen molar-refractivity contribution in [2.45, 2.75) is 13.0 Å². The van der Waals surface area contributed by atoms with Crippen LogP contribution in [0, 0.1) is 0 Å². The lowest BCUT2D eigenvalue weighted by Gasteiger charge is -2.04. The molecule has 4 N–H and O–H groups in total. The smallest absolute Gasteiger partial charge is 0.315 e. The highest BCUT2D eigenvalue weighted by Crippen LogP contribution is 1.93. The van der Waals surface area contributed by atoms with Crippen LogP contribution in [0.15, 0.2) is 10.2 Å². The topological polar surface area (TPSA) is 111 Å². The van der Waals surface area contributed by atoms with Crippen molar-refractivity contribution in [2.24, 2.45) is 0 Å². The molecule has 0 saturated carbocycles. The van der Waals surface area contributed by atoms with E-state index >= 15 is 0 Å². The number of thiazole rings is 1. The maximum Gasteiger partial charge on any atom is 0.315 e. The molecular weight excluding hydrogens is 234 g/mol. The van der Waals surface area contributed by atoms with Gasteiger partial charge in [-0.1, -0.05) is 11.3 Å². The number of hydrogen-bond donors (Lipinski definition) is 4. The van der Waals surface area contributed by atoms with Crippen LogP contribution >= 0.6 is 11.3 Å². The van der Waals surface area contributed by atoms with Crippen LogP contribution in [0.3, 0.4) is 0 Å². The van der Waals surface area contributed by atoms with Crippen molar-refractivity contribution in [1.29, 1.82) is 0 Å². The number of H-pyrrole nitrogens is 1. The minimum atomic E-state index is -0.970. The Morgan fingerprint density at radius 1 is 1.44 bits per heavy atom. The lowest BCUT2D eigenvalue weighted by atomic mass is 10.4. The summed E-state index contributed by atoms with van der Waals surface area (Å²) < 4.78 is 0. The molecule has 0 fully saturated rings. The molecule has 0 aliphatic carbocycles. The lowest BCUT2D eigenvalue weighted by molar-refractivity contribution is -0.136. The van der Waals surface area contributed by atoms with Crippen LogP contribution in [-0.2, 0) is 11.3 Å². The Morgan fingerprint density at radius 3 is 2.75 bits per heavy atom. The van der Waals surface area contributed by atoms with Crippen LogP contribution in [-0.4, -0.2) is 28.6 Å². The van der Waals surface area contributed by atoms with Gasteiger partial charge in [-0.2, -0.15) is 0 Å². The van der Waals surface area contributed by atoms with Crippen molar-refractivity contribution in [1.82, 2.24) is 15.6 Å². The van der Waals surface area contributed by atoms with Gasteiger partial charge in [-0.25, -0.2) is 4.79 Å². The SMILES string of the molecule is O=C(O)CCNC(=O)NCc1csc(=O)[nH]1. The van der Waals surface area contributed by atoms with Crippen LogP contribution in [0.1, 0.15) is 12.1 Å². The van der Waals surface area contributed by atoms with Crippen LogP contribution < -0.4 is 15.5 Å². The average molecular weight is 245 g/mol. The van der Waals surface area contributed by atoms with Gasteiger partial charge in [0.1, 0.15) is 0 Å². The summed E-state index contributed by atoms with van der Waals surface area (Å²) in [5.41, 5.74) is 0.614. The molecule has 0 atom stereocenters. The number of urea groups is 1. The minimum Gasteiger partial charge on any atom is -0.481 e. The van der Waals surface area contributed by atoms with Gasteiger partial charge in [0.15, 0.2) is 0 Å². The van der Waals surface area contributed by atoms with Gasteiger partial charge in [-0.15, -0.1) is 0 Å². The molecule has 0 aliphatic heterocycles. The molecule has 1 aromatic heterocycles. The molecule has 88 valence electrons. The molecule has 2 amide bonds. The predicted molar refractivity (Wildman–Crippen MR) is 57.4 cm³/mol. The molecular formula is C8H11N3O4S. The van der Waals surface area contributed by atoms with E-state index in [1.165, 1.54) is 0 Å². The maximum atomic E-state index is 11.1. The summed E-state index contributed by atoms with van der Waals surface area (Å²) in [7, 11) is 0. The van der Waals surface area contributed by atoms with E-state index < -0.39 is 12.0 Å². The highest BCUT2D eigenvalue weighted by atomic mass is 32.1. The molecule has 0 spiro atoms. The molecule has 1 aromatic rings. The molecule has 0 aromatic carbocycles. The Hall–Kier alpha value is -1.83. The molecule has 1 heterocycles. The number of nitrogens with one attached hydrogen (secondary N) is 3. The molecule has 0 unspecified atom stereocenters. The number of aromatic nitrogens is 1. The van der Waals surface area contributed by atoms with Crippen molar-refractivity contribution in [3.8, 4) is 0 Å². The average Bonchev–Trinajstić information content (AvgIpc) is 2.61. The van der Waals surface area contributed by atoms with Crippen molar-refractivity contribution in [2.75, 3.05) is 6.54 Å². The van der Waals surface area contributed by atoms with Crippen LogP contribution in [0.2, 0.25) is 0 Å². The molecule has 0 aliphatic rings. The van der Waals surface area contributed by atoms with Gasteiger partial charge >= 0.3 is 16.9 Å². The van der Waals surface area contributed by atoms with E-state index in [0.717, 1.165) is 11.3 Å². The van der Waals surface area contributed by atoms with Crippen molar-refractivity contribution in [3.05, 3.63) is 20.7 Å². The molecule has 0 bridgehead atoms. The molecule has 16 heavy (non-hydrogen) atoms. The number of carbonyl (C=O) groups excluding carboxylic acids is 1. The summed E-state index contributed by atoms with van der Waals surface area (Å²) in [4.78, 5) is 34.4. The van der Waals surface area contributed by atoms with Crippen molar-refractivity contribution < 1.29 is 14.7 Å². The van der Waals surface area contributed by atoms with Gasteiger partial charge in [0.2, 0.25) is 0 Å². The summed E-state index contributed by atoms with van der Waals surface area (Å²) >= 11 is 1.02. The fraction of sp³-hybridized carbons (Fsp3) is 0.375. The van der Waals surface area contributed by atoms with Gasteiger partial charge in [-0.3, -0.25) is 9.59 Å². The predicted octanol–water partition coefficient (Wildman–Crippen LogP) is -0.290. The number of hydrogen-bond acceptors (Lipinski definition) is 4. The summed E-state index contributed by atoms with van der Waals surface area (Å²) in [6.45, 7) is 0.277. The van der Waals surface area contributed by atoms with E-state index in [2.05, 4.69) is 15.6 Å². The second-order valence-electron chi connectivity index (χ2n) is 2.93. The fourth-order valence-corrected chi connectivity index (χ4v) is 1.50. The van der Waals surface area contributed by atoms with Crippen LogP contribution in [0.4, 0.5) is 4.79 Å².